The first-order valence-corrected chi connectivity index (χ1v) is 11.8. The Kier molecular flexibility index (Phi) is 7.65. The van der Waals surface area contributed by atoms with E-state index in [9.17, 15) is 4.79 Å². The number of aromatic nitrogens is 3. The molecule has 4 aromatic rings. The maximum Gasteiger partial charge on any atom is 0.230 e. The molecule has 168 valence electrons. The molecule has 4 rings (SSSR count). The van der Waals surface area contributed by atoms with E-state index in [1.165, 1.54) is 11.8 Å². The lowest BCUT2D eigenvalue weighted by Crippen LogP contribution is -2.27. The van der Waals surface area contributed by atoms with Gasteiger partial charge in [0.2, 0.25) is 5.91 Å². The van der Waals surface area contributed by atoms with E-state index in [4.69, 9.17) is 16.3 Å². The Morgan fingerprint density at radius 3 is 2.48 bits per heavy atom. The largest absolute Gasteiger partial charge is 0.496 e. The number of carbonyl (C=O) groups excluding carboxylic acids is 1. The average Bonchev–Trinajstić information content (AvgIpc) is 3.28. The molecule has 6 nitrogen and oxygen atoms in total. The van der Waals surface area contributed by atoms with Crippen LogP contribution in [-0.4, -0.2) is 40.1 Å². The van der Waals surface area contributed by atoms with Crippen molar-refractivity contribution in [2.75, 3.05) is 19.4 Å². The molecule has 1 N–H and O–H groups in total. The van der Waals surface area contributed by atoms with E-state index in [0.29, 0.717) is 29.0 Å². The average molecular weight is 479 g/mol. The maximum absolute atomic E-state index is 12.5. The summed E-state index contributed by atoms with van der Waals surface area (Å²) in [5.41, 5.74) is 2.87. The van der Waals surface area contributed by atoms with E-state index in [1.54, 1.807) is 7.11 Å². The number of nitrogens with zero attached hydrogens (tertiary/aromatic N) is 3. The van der Waals surface area contributed by atoms with Gasteiger partial charge in [-0.2, -0.15) is 0 Å². The molecule has 3 aromatic carbocycles. The number of ether oxygens (including phenoxy) is 1. The molecule has 0 aliphatic rings. The second-order valence-electron chi connectivity index (χ2n) is 7.18. The van der Waals surface area contributed by atoms with Crippen molar-refractivity contribution in [1.82, 2.24) is 20.1 Å². The molecule has 0 aliphatic carbocycles. The number of methoxy groups -OCH3 is 1. The number of halogens is 1. The SMILES string of the molecule is COc1ccccc1CCNC(=O)CSc1nnc(-c2ccc(Cl)cc2)n1-c1ccccc1. The summed E-state index contributed by atoms with van der Waals surface area (Å²) in [6, 6.07) is 25.1. The number of nitrogens with one attached hydrogen (secondary N) is 1. The summed E-state index contributed by atoms with van der Waals surface area (Å²) < 4.78 is 7.32. The molecule has 0 spiro atoms. The van der Waals surface area contributed by atoms with Gasteiger partial charge >= 0.3 is 0 Å². The van der Waals surface area contributed by atoms with Gasteiger partial charge in [-0.3, -0.25) is 9.36 Å². The van der Waals surface area contributed by atoms with Gasteiger partial charge in [-0.25, -0.2) is 0 Å². The second kappa shape index (κ2) is 11.0. The van der Waals surface area contributed by atoms with Crippen molar-refractivity contribution >= 4 is 29.3 Å². The topological polar surface area (TPSA) is 69.0 Å². The van der Waals surface area contributed by atoms with Crippen LogP contribution >= 0.6 is 23.4 Å². The molecule has 0 atom stereocenters. The molecule has 0 bridgehead atoms. The highest BCUT2D eigenvalue weighted by atomic mass is 35.5. The Morgan fingerprint density at radius 1 is 1.00 bits per heavy atom. The summed E-state index contributed by atoms with van der Waals surface area (Å²) >= 11 is 7.39. The van der Waals surface area contributed by atoms with Crippen LogP contribution in [0.2, 0.25) is 5.02 Å². The van der Waals surface area contributed by atoms with E-state index in [2.05, 4.69) is 15.5 Å². The Morgan fingerprint density at radius 2 is 1.73 bits per heavy atom. The summed E-state index contributed by atoms with van der Waals surface area (Å²) in [4.78, 5) is 12.5. The van der Waals surface area contributed by atoms with Crippen molar-refractivity contribution in [2.24, 2.45) is 0 Å². The summed E-state index contributed by atoms with van der Waals surface area (Å²) in [7, 11) is 1.65. The van der Waals surface area contributed by atoms with Crippen molar-refractivity contribution in [3.63, 3.8) is 0 Å². The third-order valence-corrected chi connectivity index (χ3v) is 6.17. The Balaban J connectivity index is 1.44. The predicted molar refractivity (Wildman–Crippen MR) is 132 cm³/mol. The molecule has 1 heterocycles. The minimum atomic E-state index is -0.0643. The van der Waals surface area contributed by atoms with Crippen LogP contribution in [0.1, 0.15) is 5.56 Å². The lowest BCUT2D eigenvalue weighted by Gasteiger charge is -2.11. The molecule has 8 heteroatoms. The molecule has 1 amide bonds. The van der Waals surface area contributed by atoms with Crippen molar-refractivity contribution in [2.45, 2.75) is 11.6 Å². The zero-order valence-corrected chi connectivity index (χ0v) is 19.6. The van der Waals surface area contributed by atoms with E-state index in [0.717, 1.165) is 22.6 Å². The van der Waals surface area contributed by atoms with Crippen LogP contribution in [-0.2, 0) is 11.2 Å². The fourth-order valence-corrected chi connectivity index (χ4v) is 4.29. The standard InChI is InChI=1S/C25H23ClN4O2S/c1-32-22-10-6-5-7-18(22)15-16-27-23(31)17-33-25-29-28-24(19-11-13-20(26)14-12-19)30(25)21-8-3-2-4-9-21/h2-14H,15-17H2,1H3,(H,27,31). The maximum atomic E-state index is 12.5. The number of para-hydroxylation sites is 2. The van der Waals surface area contributed by atoms with E-state index >= 15 is 0 Å². The van der Waals surface area contributed by atoms with Crippen LogP contribution in [0.3, 0.4) is 0 Å². The Bertz CT molecular complexity index is 1210. The molecular formula is C25H23ClN4O2S. The predicted octanol–water partition coefficient (Wildman–Crippen LogP) is 5.05. The van der Waals surface area contributed by atoms with Crippen LogP contribution in [0.5, 0.6) is 5.75 Å². The van der Waals surface area contributed by atoms with Crippen molar-refractivity contribution in [3.05, 3.63) is 89.4 Å². The molecule has 0 unspecified atom stereocenters. The number of amides is 1. The van der Waals surface area contributed by atoms with Crippen molar-refractivity contribution in [3.8, 4) is 22.8 Å². The van der Waals surface area contributed by atoms with Gasteiger partial charge in [0.1, 0.15) is 5.75 Å². The third kappa shape index (κ3) is 5.74. The second-order valence-corrected chi connectivity index (χ2v) is 8.56. The molecule has 1 aromatic heterocycles. The molecule has 0 aliphatic heterocycles. The van der Waals surface area contributed by atoms with Crippen molar-refractivity contribution in [1.29, 1.82) is 0 Å². The van der Waals surface area contributed by atoms with Crippen LogP contribution in [0.25, 0.3) is 17.1 Å². The highest BCUT2D eigenvalue weighted by Crippen LogP contribution is 2.28. The van der Waals surface area contributed by atoms with E-state index < -0.39 is 0 Å². The first kappa shape index (κ1) is 22.9. The summed E-state index contributed by atoms with van der Waals surface area (Å²) in [5, 5.41) is 13.0. The Labute approximate surface area is 202 Å². The van der Waals surface area contributed by atoms with Crippen LogP contribution in [0.4, 0.5) is 0 Å². The number of carbonyl (C=O) groups is 1. The zero-order valence-electron chi connectivity index (χ0n) is 18.1. The summed E-state index contributed by atoms with van der Waals surface area (Å²) in [6.45, 7) is 0.529. The lowest BCUT2D eigenvalue weighted by molar-refractivity contribution is -0.118. The van der Waals surface area contributed by atoms with E-state index in [-0.39, 0.29) is 11.7 Å². The number of hydrogen-bond donors (Lipinski definition) is 1. The van der Waals surface area contributed by atoms with Gasteiger partial charge in [0.25, 0.3) is 0 Å². The Hall–Kier alpha value is -3.29. The molecule has 0 saturated carbocycles. The minimum Gasteiger partial charge on any atom is -0.496 e. The molecule has 33 heavy (non-hydrogen) atoms. The number of hydrogen-bond acceptors (Lipinski definition) is 5. The van der Waals surface area contributed by atoms with Gasteiger partial charge in [-0.15, -0.1) is 10.2 Å². The number of rotatable bonds is 9. The first-order chi connectivity index (χ1) is 16.2. The van der Waals surface area contributed by atoms with Crippen LogP contribution in [0.15, 0.2) is 84.0 Å². The highest BCUT2D eigenvalue weighted by molar-refractivity contribution is 7.99. The summed E-state index contributed by atoms with van der Waals surface area (Å²) in [6.07, 6.45) is 0.696. The van der Waals surface area contributed by atoms with E-state index in [1.807, 2.05) is 83.4 Å². The normalized spacial score (nSPS) is 10.7. The van der Waals surface area contributed by atoms with Crippen LogP contribution < -0.4 is 10.1 Å². The van der Waals surface area contributed by atoms with Gasteiger partial charge < -0.3 is 10.1 Å². The fraction of sp³-hybridized carbons (Fsp3) is 0.160. The minimum absolute atomic E-state index is 0.0643. The monoisotopic (exact) mass is 478 g/mol. The van der Waals surface area contributed by atoms with Gasteiger partial charge in [-0.1, -0.05) is 59.8 Å². The molecule has 0 fully saturated rings. The first-order valence-electron chi connectivity index (χ1n) is 10.4. The number of benzene rings is 3. The van der Waals surface area contributed by atoms with Crippen LogP contribution in [0, 0.1) is 0 Å². The molecular weight excluding hydrogens is 456 g/mol. The number of thioether (sulfide) groups is 1. The van der Waals surface area contributed by atoms with Crippen molar-refractivity contribution < 1.29 is 9.53 Å². The van der Waals surface area contributed by atoms with Gasteiger partial charge in [0, 0.05) is 22.8 Å². The zero-order chi connectivity index (χ0) is 23.0. The van der Waals surface area contributed by atoms with Gasteiger partial charge in [-0.05, 0) is 54.4 Å². The highest BCUT2D eigenvalue weighted by Gasteiger charge is 2.17. The quantitative estimate of drug-likeness (QED) is 0.341. The smallest absolute Gasteiger partial charge is 0.230 e. The van der Waals surface area contributed by atoms with Gasteiger partial charge in [0.15, 0.2) is 11.0 Å². The van der Waals surface area contributed by atoms with Gasteiger partial charge in [0.05, 0.1) is 12.9 Å². The summed E-state index contributed by atoms with van der Waals surface area (Å²) in [5.74, 6) is 1.69. The molecule has 0 saturated heterocycles. The lowest BCUT2D eigenvalue weighted by atomic mass is 10.1. The fourth-order valence-electron chi connectivity index (χ4n) is 3.39. The third-order valence-electron chi connectivity index (χ3n) is 4.99. The molecule has 0 radical (unpaired) electrons.